The van der Waals surface area contributed by atoms with E-state index in [-0.39, 0.29) is 0 Å². The lowest BCUT2D eigenvalue weighted by Gasteiger charge is -2.14. The van der Waals surface area contributed by atoms with E-state index in [1.54, 1.807) is 7.11 Å². The van der Waals surface area contributed by atoms with Gasteiger partial charge in [0.1, 0.15) is 5.75 Å². The molecule has 0 saturated heterocycles. The van der Waals surface area contributed by atoms with Gasteiger partial charge in [0.05, 0.1) is 7.11 Å². The number of ether oxygens (including phenoxy) is 1. The molecule has 0 aromatic heterocycles. The Morgan fingerprint density at radius 3 is 2.31 bits per heavy atom. The summed E-state index contributed by atoms with van der Waals surface area (Å²) in [6, 6.07) is 2.18. The van der Waals surface area contributed by atoms with Crippen molar-refractivity contribution >= 4 is 12.6 Å². The fourth-order valence-electron chi connectivity index (χ4n) is 1.58. The normalized spacial score (nSPS) is 10.2. The summed E-state index contributed by atoms with van der Waals surface area (Å²) >= 11 is 4.31. The van der Waals surface area contributed by atoms with E-state index in [0.717, 1.165) is 11.5 Å². The van der Waals surface area contributed by atoms with Gasteiger partial charge in [0.25, 0.3) is 0 Å². The average molecular weight is 196 g/mol. The van der Waals surface area contributed by atoms with Crippen LogP contribution < -0.4 is 4.74 Å². The maximum Gasteiger partial charge on any atom is 0.126 e. The smallest absolute Gasteiger partial charge is 0.126 e. The first-order valence-corrected chi connectivity index (χ1v) is 4.99. The van der Waals surface area contributed by atoms with Crippen LogP contribution in [0.25, 0.3) is 0 Å². The van der Waals surface area contributed by atoms with Gasteiger partial charge in [0, 0.05) is 11.3 Å². The Hall–Kier alpha value is -0.630. The summed E-state index contributed by atoms with van der Waals surface area (Å²) in [5, 5.41) is 0. The van der Waals surface area contributed by atoms with E-state index in [9.17, 15) is 0 Å². The Kier molecular flexibility index (Phi) is 3.26. The van der Waals surface area contributed by atoms with Crippen LogP contribution in [0.5, 0.6) is 5.75 Å². The van der Waals surface area contributed by atoms with Gasteiger partial charge in [0.2, 0.25) is 0 Å². The van der Waals surface area contributed by atoms with Crippen LogP contribution in [0.4, 0.5) is 0 Å². The maximum absolute atomic E-state index is 5.38. The fraction of sp³-hybridized carbons (Fsp3) is 0.455. The summed E-state index contributed by atoms with van der Waals surface area (Å²) in [7, 11) is 1.72. The van der Waals surface area contributed by atoms with Gasteiger partial charge in [-0.25, -0.2) is 0 Å². The van der Waals surface area contributed by atoms with Crippen LogP contribution in [-0.4, -0.2) is 7.11 Å². The summed E-state index contributed by atoms with van der Waals surface area (Å²) < 4.78 is 5.38. The first kappa shape index (κ1) is 10.5. The summed E-state index contributed by atoms with van der Waals surface area (Å²) in [4.78, 5) is 0. The summed E-state index contributed by atoms with van der Waals surface area (Å²) in [5.74, 6) is 1.73. The lowest BCUT2D eigenvalue weighted by atomic mass is 10.00. The van der Waals surface area contributed by atoms with Crippen molar-refractivity contribution in [1.29, 1.82) is 0 Å². The monoisotopic (exact) mass is 196 g/mol. The number of rotatable bonds is 2. The second-order valence-electron chi connectivity index (χ2n) is 3.31. The minimum Gasteiger partial charge on any atom is -0.496 e. The molecule has 1 nitrogen and oxygen atoms in total. The molecule has 1 aromatic carbocycles. The highest BCUT2D eigenvalue weighted by Crippen LogP contribution is 2.30. The van der Waals surface area contributed by atoms with Gasteiger partial charge in [-0.3, -0.25) is 0 Å². The van der Waals surface area contributed by atoms with Crippen molar-refractivity contribution in [1.82, 2.24) is 0 Å². The second-order valence-corrected chi connectivity index (χ2v) is 3.62. The number of hydrogen-bond acceptors (Lipinski definition) is 2. The molecule has 13 heavy (non-hydrogen) atoms. The van der Waals surface area contributed by atoms with Crippen molar-refractivity contribution in [2.45, 2.75) is 26.5 Å². The Morgan fingerprint density at radius 1 is 1.23 bits per heavy atom. The van der Waals surface area contributed by atoms with Crippen LogP contribution in [0.1, 0.15) is 22.3 Å². The van der Waals surface area contributed by atoms with Crippen molar-refractivity contribution in [2.24, 2.45) is 0 Å². The first-order valence-electron chi connectivity index (χ1n) is 4.36. The standard InChI is InChI=1S/C11H16OS/c1-7-5-8(2)10(6-13)11(12-4)9(7)3/h5,13H,6H2,1-4H3. The van der Waals surface area contributed by atoms with Crippen LogP contribution in [0.2, 0.25) is 0 Å². The molecule has 2 heteroatoms. The highest BCUT2D eigenvalue weighted by Gasteiger charge is 2.10. The Labute approximate surface area is 85.5 Å². The number of benzene rings is 1. The molecule has 0 bridgehead atoms. The SMILES string of the molecule is COc1c(C)c(C)cc(C)c1CS. The molecule has 0 saturated carbocycles. The molecule has 0 atom stereocenters. The quantitative estimate of drug-likeness (QED) is 0.715. The van der Waals surface area contributed by atoms with E-state index in [4.69, 9.17) is 4.74 Å². The van der Waals surface area contributed by atoms with Crippen LogP contribution >= 0.6 is 12.6 Å². The van der Waals surface area contributed by atoms with Crippen molar-refractivity contribution in [3.8, 4) is 5.75 Å². The van der Waals surface area contributed by atoms with E-state index in [1.807, 2.05) is 0 Å². The van der Waals surface area contributed by atoms with Gasteiger partial charge in [-0.15, -0.1) is 0 Å². The van der Waals surface area contributed by atoms with Crippen molar-refractivity contribution in [3.05, 3.63) is 28.3 Å². The van der Waals surface area contributed by atoms with E-state index < -0.39 is 0 Å². The lowest BCUT2D eigenvalue weighted by Crippen LogP contribution is -1.98. The topological polar surface area (TPSA) is 9.23 Å². The largest absolute Gasteiger partial charge is 0.496 e. The molecule has 0 heterocycles. The van der Waals surface area contributed by atoms with Gasteiger partial charge in [0.15, 0.2) is 0 Å². The molecule has 0 unspecified atom stereocenters. The third kappa shape index (κ3) is 1.83. The first-order chi connectivity index (χ1) is 6.11. The van der Waals surface area contributed by atoms with Crippen LogP contribution in [0, 0.1) is 20.8 Å². The predicted molar refractivity (Wildman–Crippen MR) is 59.9 cm³/mol. The molecule has 0 spiro atoms. The number of methoxy groups -OCH3 is 1. The zero-order valence-electron chi connectivity index (χ0n) is 8.64. The van der Waals surface area contributed by atoms with Crippen LogP contribution in [-0.2, 0) is 5.75 Å². The molecule has 0 radical (unpaired) electrons. The maximum atomic E-state index is 5.38. The highest BCUT2D eigenvalue weighted by molar-refractivity contribution is 7.79. The molecule has 0 aliphatic heterocycles. The van der Waals surface area contributed by atoms with E-state index >= 15 is 0 Å². The number of aryl methyl sites for hydroxylation is 2. The summed E-state index contributed by atoms with van der Waals surface area (Å²) in [5.41, 5.74) is 4.96. The van der Waals surface area contributed by atoms with Crippen molar-refractivity contribution in [3.63, 3.8) is 0 Å². The number of hydrogen-bond donors (Lipinski definition) is 1. The van der Waals surface area contributed by atoms with Crippen LogP contribution in [0.3, 0.4) is 0 Å². The molecule has 0 fully saturated rings. The third-order valence-electron chi connectivity index (χ3n) is 2.48. The molecule has 72 valence electrons. The summed E-state index contributed by atoms with van der Waals surface area (Å²) in [6.07, 6.45) is 0. The Morgan fingerprint density at radius 2 is 1.85 bits per heavy atom. The molecule has 1 aromatic rings. The zero-order chi connectivity index (χ0) is 10.0. The third-order valence-corrected chi connectivity index (χ3v) is 2.79. The van der Waals surface area contributed by atoms with Crippen molar-refractivity contribution in [2.75, 3.05) is 7.11 Å². The fourth-order valence-corrected chi connectivity index (χ4v) is 1.97. The highest BCUT2D eigenvalue weighted by atomic mass is 32.1. The minimum atomic E-state index is 0.732. The predicted octanol–water partition coefficient (Wildman–Crippen LogP) is 3.05. The van der Waals surface area contributed by atoms with E-state index in [0.29, 0.717) is 0 Å². The van der Waals surface area contributed by atoms with Gasteiger partial charge in [-0.1, -0.05) is 6.07 Å². The van der Waals surface area contributed by atoms with Gasteiger partial charge in [-0.05, 0) is 37.5 Å². The molecule has 0 aliphatic carbocycles. The van der Waals surface area contributed by atoms with Crippen LogP contribution in [0.15, 0.2) is 6.07 Å². The summed E-state index contributed by atoms with van der Waals surface area (Å²) in [6.45, 7) is 6.29. The Balaban J connectivity index is 3.41. The molecule has 0 amide bonds. The average Bonchev–Trinajstić information content (AvgIpc) is 2.10. The van der Waals surface area contributed by atoms with Crippen molar-refractivity contribution < 1.29 is 4.74 Å². The Bertz CT molecular complexity index is 318. The minimum absolute atomic E-state index is 0.732. The van der Waals surface area contributed by atoms with E-state index in [2.05, 4.69) is 39.5 Å². The zero-order valence-corrected chi connectivity index (χ0v) is 9.53. The molecule has 0 aliphatic rings. The molecular weight excluding hydrogens is 180 g/mol. The van der Waals surface area contributed by atoms with Gasteiger partial charge < -0.3 is 4.74 Å². The molecular formula is C11H16OS. The number of thiol groups is 1. The van der Waals surface area contributed by atoms with E-state index in [1.165, 1.54) is 22.3 Å². The van der Waals surface area contributed by atoms with Gasteiger partial charge >= 0.3 is 0 Å². The molecule has 1 rings (SSSR count). The van der Waals surface area contributed by atoms with Gasteiger partial charge in [-0.2, -0.15) is 12.6 Å². The second kappa shape index (κ2) is 4.05. The lowest BCUT2D eigenvalue weighted by molar-refractivity contribution is 0.407. The molecule has 0 N–H and O–H groups in total.